The van der Waals surface area contributed by atoms with Crippen molar-refractivity contribution < 1.29 is 4.79 Å². The minimum Gasteiger partial charge on any atom is -0.348 e. The van der Waals surface area contributed by atoms with E-state index in [-0.39, 0.29) is 18.3 Å². The summed E-state index contributed by atoms with van der Waals surface area (Å²) in [5.41, 5.74) is 6.77. The molecule has 0 fully saturated rings. The molecule has 0 unspecified atom stereocenters. The van der Waals surface area contributed by atoms with Crippen molar-refractivity contribution in [2.24, 2.45) is 5.73 Å². The van der Waals surface area contributed by atoms with Gasteiger partial charge in [0.1, 0.15) is 0 Å². The van der Waals surface area contributed by atoms with Crippen molar-refractivity contribution in [2.45, 2.75) is 6.54 Å². The predicted molar refractivity (Wildman–Crippen MR) is 76.7 cm³/mol. The second-order valence-corrected chi connectivity index (χ2v) is 4.27. The Hall–Kier alpha value is -1.10. The zero-order valence-electron chi connectivity index (χ0n) is 11.0. The Labute approximate surface area is 115 Å². The smallest absolute Gasteiger partial charge is 0.236 e. The molecule has 1 aromatic carbocycles. The van der Waals surface area contributed by atoms with Crippen LogP contribution in [0.4, 0.5) is 0 Å². The van der Waals surface area contributed by atoms with Crippen molar-refractivity contribution in [3.8, 4) is 0 Å². The summed E-state index contributed by atoms with van der Waals surface area (Å²) in [4.78, 5) is 15.3. The van der Waals surface area contributed by atoms with Gasteiger partial charge in [-0.2, -0.15) is 0 Å². The first kappa shape index (κ1) is 16.9. The van der Waals surface area contributed by atoms with E-state index in [1.54, 1.807) is 19.0 Å². The van der Waals surface area contributed by atoms with Crippen LogP contribution >= 0.6 is 12.4 Å². The average molecular weight is 272 g/mol. The quantitative estimate of drug-likeness (QED) is 0.838. The lowest BCUT2D eigenvalue weighted by Crippen LogP contribution is -2.38. The molecule has 0 saturated heterocycles. The van der Waals surface area contributed by atoms with Gasteiger partial charge in [0.25, 0.3) is 0 Å². The fourth-order valence-corrected chi connectivity index (χ4v) is 1.57. The van der Waals surface area contributed by atoms with Gasteiger partial charge >= 0.3 is 0 Å². The van der Waals surface area contributed by atoms with E-state index in [9.17, 15) is 4.79 Å². The summed E-state index contributed by atoms with van der Waals surface area (Å²) in [5, 5.41) is 0. The number of hydrogen-bond donors (Lipinski definition) is 1. The summed E-state index contributed by atoms with van der Waals surface area (Å²) in [7, 11) is 3.54. The fourth-order valence-electron chi connectivity index (χ4n) is 1.57. The Morgan fingerprint density at radius 3 is 2.33 bits per heavy atom. The van der Waals surface area contributed by atoms with Crippen LogP contribution in [-0.4, -0.2) is 49.4 Å². The Morgan fingerprint density at radius 2 is 1.83 bits per heavy atom. The van der Waals surface area contributed by atoms with Gasteiger partial charge in [-0.1, -0.05) is 30.3 Å². The highest BCUT2D eigenvalue weighted by molar-refractivity contribution is 5.85. The number of carbonyl (C=O) groups excluding carboxylic acids is 1. The lowest BCUT2D eigenvalue weighted by Gasteiger charge is -2.22. The topological polar surface area (TPSA) is 49.6 Å². The summed E-state index contributed by atoms with van der Waals surface area (Å²) in [5.74, 6) is 0.106. The molecular formula is C13H22ClN3O. The summed E-state index contributed by atoms with van der Waals surface area (Å²) in [6.07, 6.45) is 0. The highest BCUT2D eigenvalue weighted by Crippen LogP contribution is 2.04. The molecule has 0 spiro atoms. The van der Waals surface area contributed by atoms with Gasteiger partial charge in [-0.3, -0.25) is 9.69 Å². The number of benzene rings is 1. The molecule has 102 valence electrons. The molecule has 2 N–H and O–H groups in total. The number of likely N-dealkylation sites (N-methyl/N-ethyl adjacent to an activating group) is 1. The first-order valence-corrected chi connectivity index (χ1v) is 5.80. The first-order chi connectivity index (χ1) is 8.13. The van der Waals surface area contributed by atoms with E-state index in [0.29, 0.717) is 13.1 Å². The molecule has 0 bridgehead atoms. The van der Waals surface area contributed by atoms with E-state index in [4.69, 9.17) is 5.73 Å². The number of nitrogens with two attached hydrogens (primary N) is 1. The van der Waals surface area contributed by atoms with E-state index < -0.39 is 0 Å². The van der Waals surface area contributed by atoms with E-state index in [2.05, 4.69) is 17.0 Å². The van der Waals surface area contributed by atoms with Crippen molar-refractivity contribution in [1.82, 2.24) is 9.80 Å². The summed E-state index contributed by atoms with van der Waals surface area (Å²) >= 11 is 0. The van der Waals surface area contributed by atoms with Gasteiger partial charge in [0, 0.05) is 33.7 Å². The molecule has 0 aliphatic carbocycles. The van der Waals surface area contributed by atoms with Gasteiger partial charge in [-0.15, -0.1) is 12.4 Å². The number of halogens is 1. The van der Waals surface area contributed by atoms with Crippen LogP contribution < -0.4 is 5.73 Å². The summed E-state index contributed by atoms with van der Waals surface area (Å²) < 4.78 is 0. The molecule has 0 aliphatic heterocycles. The Kier molecular flexibility index (Phi) is 8.37. The highest BCUT2D eigenvalue weighted by Gasteiger charge is 2.11. The van der Waals surface area contributed by atoms with Crippen LogP contribution in [0.1, 0.15) is 5.56 Å². The van der Waals surface area contributed by atoms with Crippen molar-refractivity contribution >= 4 is 18.3 Å². The predicted octanol–water partition coefficient (Wildman–Crippen LogP) is 0.957. The van der Waals surface area contributed by atoms with Crippen molar-refractivity contribution in [3.63, 3.8) is 0 Å². The lowest BCUT2D eigenvalue weighted by atomic mass is 10.2. The van der Waals surface area contributed by atoms with Crippen molar-refractivity contribution in [1.29, 1.82) is 0 Å². The maximum Gasteiger partial charge on any atom is 0.236 e. The summed E-state index contributed by atoms with van der Waals surface area (Å²) in [6, 6.07) is 10.1. The van der Waals surface area contributed by atoms with E-state index in [1.165, 1.54) is 5.56 Å². The average Bonchev–Trinajstić information content (AvgIpc) is 2.30. The Bertz CT molecular complexity index is 343. The van der Waals surface area contributed by atoms with Crippen LogP contribution in [0.25, 0.3) is 0 Å². The maximum atomic E-state index is 11.7. The van der Waals surface area contributed by atoms with Gasteiger partial charge in [0.15, 0.2) is 0 Å². The second-order valence-electron chi connectivity index (χ2n) is 4.27. The van der Waals surface area contributed by atoms with Gasteiger partial charge in [-0.25, -0.2) is 0 Å². The molecule has 0 aliphatic rings. The zero-order valence-corrected chi connectivity index (χ0v) is 11.8. The van der Waals surface area contributed by atoms with Crippen LogP contribution in [0.2, 0.25) is 0 Å². The van der Waals surface area contributed by atoms with Gasteiger partial charge in [0.2, 0.25) is 5.91 Å². The molecule has 5 heteroatoms. The molecule has 0 saturated carbocycles. The number of carbonyl (C=O) groups is 1. The van der Waals surface area contributed by atoms with Crippen LogP contribution in [0, 0.1) is 0 Å². The standard InChI is InChI=1S/C13H21N3O.ClH/c1-15(2)13(17)11-16(9-8-14)10-12-6-4-3-5-7-12;/h3-7H,8-11,14H2,1-2H3;1H. The Morgan fingerprint density at radius 1 is 1.22 bits per heavy atom. The molecule has 1 amide bonds. The maximum absolute atomic E-state index is 11.7. The number of nitrogens with zero attached hydrogens (tertiary/aromatic N) is 2. The first-order valence-electron chi connectivity index (χ1n) is 5.80. The third-order valence-electron chi connectivity index (χ3n) is 2.55. The van der Waals surface area contributed by atoms with E-state index >= 15 is 0 Å². The normalized spacial score (nSPS) is 10.0. The minimum absolute atomic E-state index is 0. The molecule has 1 rings (SSSR count). The molecule has 0 atom stereocenters. The van der Waals surface area contributed by atoms with Gasteiger partial charge in [-0.05, 0) is 5.56 Å². The number of amides is 1. The minimum atomic E-state index is 0. The fraction of sp³-hybridized carbons (Fsp3) is 0.462. The van der Waals surface area contributed by atoms with Gasteiger partial charge in [0.05, 0.1) is 6.54 Å². The molecule has 0 aromatic heterocycles. The molecule has 0 radical (unpaired) electrons. The molecular weight excluding hydrogens is 250 g/mol. The third-order valence-corrected chi connectivity index (χ3v) is 2.55. The number of hydrogen-bond acceptors (Lipinski definition) is 3. The lowest BCUT2D eigenvalue weighted by molar-refractivity contribution is -0.130. The SMILES string of the molecule is CN(C)C(=O)CN(CCN)Cc1ccccc1.Cl. The van der Waals surface area contributed by atoms with Crippen LogP contribution in [0.3, 0.4) is 0 Å². The third kappa shape index (κ3) is 6.00. The number of rotatable bonds is 6. The summed E-state index contributed by atoms with van der Waals surface area (Å²) in [6.45, 7) is 2.47. The molecule has 0 heterocycles. The van der Waals surface area contributed by atoms with E-state index in [0.717, 1.165) is 13.1 Å². The molecule has 4 nitrogen and oxygen atoms in total. The van der Waals surface area contributed by atoms with Crippen molar-refractivity contribution in [2.75, 3.05) is 33.7 Å². The van der Waals surface area contributed by atoms with Crippen LogP contribution in [-0.2, 0) is 11.3 Å². The van der Waals surface area contributed by atoms with E-state index in [1.807, 2.05) is 18.2 Å². The van der Waals surface area contributed by atoms with Crippen molar-refractivity contribution in [3.05, 3.63) is 35.9 Å². The second kappa shape index (κ2) is 8.91. The van der Waals surface area contributed by atoms with Gasteiger partial charge < -0.3 is 10.6 Å². The largest absolute Gasteiger partial charge is 0.348 e. The van der Waals surface area contributed by atoms with Crippen LogP contribution in [0.15, 0.2) is 30.3 Å². The Balaban J connectivity index is 0.00000289. The monoisotopic (exact) mass is 271 g/mol. The molecule has 18 heavy (non-hydrogen) atoms. The zero-order chi connectivity index (χ0) is 12.7. The molecule has 1 aromatic rings. The van der Waals surface area contributed by atoms with Crippen LogP contribution in [0.5, 0.6) is 0 Å². The highest BCUT2D eigenvalue weighted by atomic mass is 35.5.